The third-order valence-corrected chi connectivity index (χ3v) is 9.75. The Labute approximate surface area is 316 Å². The molecule has 0 radical (unpaired) electrons. The fourth-order valence-electron chi connectivity index (χ4n) is 6.58. The van der Waals surface area contributed by atoms with Crippen molar-refractivity contribution < 1.29 is 29.4 Å². The van der Waals surface area contributed by atoms with Crippen molar-refractivity contribution in [1.29, 1.82) is 0 Å². The van der Waals surface area contributed by atoms with Gasteiger partial charge in [-0.15, -0.1) is 0 Å². The van der Waals surface area contributed by atoms with Gasteiger partial charge in [0, 0.05) is 23.5 Å². The molecule has 14 heteroatoms. The van der Waals surface area contributed by atoms with E-state index in [9.17, 15) is 19.2 Å². The quantitative estimate of drug-likeness (QED) is 0.0627. The van der Waals surface area contributed by atoms with Gasteiger partial charge in [0.25, 0.3) is 0 Å². The van der Waals surface area contributed by atoms with Gasteiger partial charge in [-0.2, -0.15) is 0 Å². The maximum atomic E-state index is 12.7. The van der Waals surface area contributed by atoms with Gasteiger partial charge in [-0.25, -0.2) is 19.6 Å². The molecule has 14 nitrogen and oxygen atoms in total. The summed E-state index contributed by atoms with van der Waals surface area (Å²) in [6, 6.07) is 10.2. The highest BCUT2D eigenvalue weighted by Gasteiger charge is 2.31. The van der Waals surface area contributed by atoms with Crippen LogP contribution in [0.25, 0.3) is 33.6 Å². The highest BCUT2D eigenvalue weighted by molar-refractivity contribution is 5.95. The maximum absolute atomic E-state index is 12.7. The highest BCUT2D eigenvalue weighted by Crippen LogP contribution is 2.34. The lowest BCUT2D eigenvalue weighted by Gasteiger charge is -2.28. The number of hydrogen-bond acceptors (Lipinski definition) is 8. The molecule has 4 amide bonds. The molecule has 0 aliphatic carbocycles. The Hall–Kier alpha value is -5.34. The second-order valence-corrected chi connectivity index (χ2v) is 15.1. The number of carboxylic acid groups (broad SMARTS) is 2. The molecule has 4 atom stereocenters. The van der Waals surface area contributed by atoms with E-state index < -0.39 is 36.1 Å². The molecule has 0 saturated heterocycles. The Balaban J connectivity index is 1.54. The van der Waals surface area contributed by atoms with E-state index in [-0.39, 0.29) is 35.8 Å². The topological polar surface area (TPSA) is 214 Å². The molecular weight excluding hydrogens is 688 g/mol. The summed E-state index contributed by atoms with van der Waals surface area (Å²) in [5.74, 6) is -0.106. The lowest BCUT2D eigenvalue weighted by molar-refractivity contribution is -0.124. The number of aromatic nitrogens is 4. The van der Waals surface area contributed by atoms with Crippen LogP contribution in [0.1, 0.15) is 90.2 Å². The van der Waals surface area contributed by atoms with E-state index >= 15 is 0 Å². The van der Waals surface area contributed by atoms with Crippen molar-refractivity contribution in [1.82, 2.24) is 41.2 Å². The van der Waals surface area contributed by atoms with Crippen molar-refractivity contribution >= 4 is 24.0 Å². The van der Waals surface area contributed by atoms with Crippen molar-refractivity contribution in [3.63, 3.8) is 0 Å². The molecule has 0 aliphatic rings. The smallest absolute Gasteiger partial charge is 0.411 e. The summed E-state index contributed by atoms with van der Waals surface area (Å²) in [7, 11) is 0. The Kier molecular flexibility index (Phi) is 13.5. The summed E-state index contributed by atoms with van der Waals surface area (Å²) < 4.78 is 0. The number of amides is 4. The largest absolute Gasteiger partial charge is 0.465 e. The van der Waals surface area contributed by atoms with Gasteiger partial charge in [0.1, 0.15) is 11.6 Å². The molecule has 0 spiro atoms. The van der Waals surface area contributed by atoms with E-state index in [1.54, 1.807) is 0 Å². The van der Waals surface area contributed by atoms with Gasteiger partial charge in [0.05, 0.1) is 35.6 Å². The molecule has 2 unspecified atom stereocenters. The van der Waals surface area contributed by atoms with Crippen molar-refractivity contribution in [3.05, 3.63) is 71.6 Å². The maximum Gasteiger partial charge on any atom is 0.411 e. The number of imide groups is 2. The second-order valence-electron chi connectivity index (χ2n) is 15.1. The summed E-state index contributed by atoms with van der Waals surface area (Å²) in [5.41, 5.74) is 7.69. The van der Waals surface area contributed by atoms with Crippen LogP contribution >= 0.6 is 0 Å². The number of H-pyrrole nitrogens is 2. The first-order chi connectivity index (χ1) is 25.4. The van der Waals surface area contributed by atoms with E-state index in [2.05, 4.69) is 58.7 Å². The van der Waals surface area contributed by atoms with Crippen LogP contribution in [0.4, 0.5) is 9.59 Å². The average molecular weight is 743 g/mol. The number of rotatable bonds is 15. The first-order valence-electron chi connectivity index (χ1n) is 18.3. The van der Waals surface area contributed by atoms with Crippen LogP contribution in [-0.4, -0.2) is 66.2 Å². The van der Waals surface area contributed by atoms with Gasteiger partial charge in [0.2, 0.25) is 11.8 Å². The molecule has 54 heavy (non-hydrogen) atoms. The number of carbonyl (C=O) groups is 4. The molecule has 4 aromatic rings. The first kappa shape index (κ1) is 41.4. The fraction of sp³-hybridized carbons (Fsp3) is 0.450. The van der Waals surface area contributed by atoms with Crippen LogP contribution < -0.4 is 21.3 Å². The zero-order valence-corrected chi connectivity index (χ0v) is 32.7. The number of benzene rings is 2. The predicted molar refractivity (Wildman–Crippen MR) is 208 cm³/mol. The molecule has 290 valence electrons. The van der Waals surface area contributed by atoms with Gasteiger partial charge >= 0.3 is 12.2 Å². The van der Waals surface area contributed by atoms with Gasteiger partial charge in [0.15, 0.2) is 0 Å². The Morgan fingerprint density at radius 2 is 0.944 bits per heavy atom. The number of aromatic amines is 2. The normalized spacial score (nSPS) is 14.0. The van der Waals surface area contributed by atoms with Crippen LogP contribution in [-0.2, 0) is 9.59 Å². The van der Waals surface area contributed by atoms with E-state index in [4.69, 9.17) is 20.2 Å². The second kappa shape index (κ2) is 17.7. The summed E-state index contributed by atoms with van der Waals surface area (Å²) in [4.78, 5) is 63.9. The third kappa shape index (κ3) is 9.79. The summed E-state index contributed by atoms with van der Waals surface area (Å²) >= 11 is 0. The monoisotopic (exact) mass is 742 g/mol. The zero-order chi connectivity index (χ0) is 40.0. The van der Waals surface area contributed by atoms with Crippen LogP contribution in [0.15, 0.2) is 48.8 Å². The lowest BCUT2D eigenvalue weighted by atomic mass is 9.92. The number of imidazole rings is 2. The molecule has 0 bridgehead atoms. The Morgan fingerprint density at radius 1 is 0.556 bits per heavy atom. The molecule has 0 fully saturated rings. The molecule has 0 saturated carbocycles. The van der Waals surface area contributed by atoms with E-state index in [1.807, 2.05) is 90.5 Å². The molecule has 2 heterocycles. The summed E-state index contributed by atoms with van der Waals surface area (Å²) in [5, 5.41) is 28.8. The molecule has 4 rings (SSSR count). The highest BCUT2D eigenvalue weighted by atomic mass is 16.4. The zero-order valence-electron chi connectivity index (χ0n) is 32.7. The minimum absolute atomic E-state index is 0.0494. The molecular formula is C40H54N8O6. The van der Waals surface area contributed by atoms with Gasteiger partial charge < -0.3 is 20.2 Å². The van der Waals surface area contributed by atoms with E-state index in [0.29, 0.717) is 11.6 Å². The van der Waals surface area contributed by atoms with Crippen molar-refractivity contribution in [3.8, 4) is 33.6 Å². The SMILES string of the molecule is Cc1c(-c2ccc(-c3c[nH]c(C(NC(C(=O)NC(=O)O)C(C)C)C(C)C)n3)cc2)ccc(-c2c[nH]c([C@@H](N[C@@H](C(=O)NC(=O)O)C(C)C)C(C)C)n2)c1C. The fourth-order valence-corrected chi connectivity index (χ4v) is 6.58. The molecule has 2 aromatic carbocycles. The number of nitrogens with zero attached hydrogens (tertiary/aromatic N) is 2. The number of nitrogens with one attached hydrogen (secondary N) is 6. The van der Waals surface area contributed by atoms with Gasteiger partial charge in [-0.05, 0) is 59.8 Å². The molecule has 2 aromatic heterocycles. The van der Waals surface area contributed by atoms with Gasteiger partial charge in [-0.3, -0.25) is 30.9 Å². The molecule has 8 N–H and O–H groups in total. The van der Waals surface area contributed by atoms with Crippen LogP contribution in [0, 0.1) is 37.5 Å². The van der Waals surface area contributed by atoms with E-state index in [0.717, 1.165) is 44.8 Å². The summed E-state index contributed by atoms with van der Waals surface area (Å²) in [6.45, 7) is 19.7. The predicted octanol–water partition coefficient (Wildman–Crippen LogP) is 6.96. The minimum Gasteiger partial charge on any atom is -0.465 e. The first-order valence-corrected chi connectivity index (χ1v) is 18.3. The van der Waals surface area contributed by atoms with E-state index in [1.165, 1.54) is 0 Å². The van der Waals surface area contributed by atoms with Crippen LogP contribution in [0.5, 0.6) is 0 Å². The van der Waals surface area contributed by atoms with Crippen molar-refractivity contribution in [2.75, 3.05) is 0 Å². The number of carbonyl (C=O) groups excluding carboxylic acids is 2. The Morgan fingerprint density at radius 3 is 1.37 bits per heavy atom. The van der Waals surface area contributed by atoms with Crippen molar-refractivity contribution in [2.45, 2.75) is 93.4 Å². The third-order valence-electron chi connectivity index (χ3n) is 9.75. The minimum atomic E-state index is -1.39. The lowest BCUT2D eigenvalue weighted by Crippen LogP contribution is -2.50. The Bertz CT molecular complexity index is 1950. The standard InChI is InChI=1S/C40H54N8O6/c1-19(2)31(45-33(21(5)6)37(49)47-39(51)52)35-41-17-29(43-35)26-13-11-25(12-14-26)27-15-16-28(24(10)23(27)9)30-18-42-36(44-30)32(20(3)4)46-34(22(7)8)38(50)48-40(53)54/h11-22,31-34,45-46H,1-10H3,(H,41,43)(H,42,44)(H,47,49)(H,48,50)(H,51,52)(H,53,54)/t31?,32-,33?,34+/m0/s1. The van der Waals surface area contributed by atoms with Crippen LogP contribution in [0.3, 0.4) is 0 Å². The van der Waals surface area contributed by atoms with Gasteiger partial charge in [-0.1, -0.05) is 91.8 Å². The van der Waals surface area contributed by atoms with Crippen molar-refractivity contribution in [2.24, 2.45) is 23.7 Å². The van der Waals surface area contributed by atoms with Crippen LogP contribution in [0.2, 0.25) is 0 Å². The average Bonchev–Trinajstić information content (AvgIpc) is 3.76. The molecule has 0 aliphatic heterocycles. The summed E-state index contributed by atoms with van der Waals surface area (Å²) in [6.07, 6.45) is 0.913. The number of hydrogen-bond donors (Lipinski definition) is 8.